The normalized spacial score (nSPS) is 13.7. The molecule has 2 aromatic rings. The first-order chi connectivity index (χ1) is 12.9. The number of hydrogen-bond acceptors (Lipinski definition) is 5. The van der Waals surface area contributed by atoms with Crippen LogP contribution in [-0.2, 0) is 5.54 Å². The molecule has 27 heavy (non-hydrogen) atoms. The minimum absolute atomic E-state index is 0.187. The van der Waals surface area contributed by atoms with E-state index in [1.54, 1.807) is 6.07 Å². The number of nitrogens with zero attached hydrogens (tertiary/aromatic N) is 2. The molecular weight excluding hydrogens is 338 g/mol. The molecule has 0 unspecified atom stereocenters. The van der Waals surface area contributed by atoms with Gasteiger partial charge in [-0.05, 0) is 62.8 Å². The summed E-state index contributed by atoms with van der Waals surface area (Å²) in [7, 11) is 1.98. The van der Waals surface area contributed by atoms with Crippen LogP contribution in [0.1, 0.15) is 67.0 Å². The van der Waals surface area contributed by atoms with Crippen molar-refractivity contribution in [1.82, 2.24) is 9.97 Å². The Hall–Kier alpha value is -2.91. The molecule has 1 aliphatic carbocycles. The van der Waals surface area contributed by atoms with Crippen LogP contribution in [0.2, 0.25) is 0 Å². The Labute approximate surface area is 160 Å². The molecular formula is C21H27N5O. The second-order valence-corrected chi connectivity index (χ2v) is 7.12. The molecule has 1 aliphatic rings. The smallest absolute Gasteiger partial charge is 0.185 e. The van der Waals surface area contributed by atoms with Gasteiger partial charge in [0.15, 0.2) is 12.1 Å². The van der Waals surface area contributed by atoms with Gasteiger partial charge in [-0.1, -0.05) is 12.1 Å². The molecule has 1 aromatic heterocycles. The zero-order chi connectivity index (χ0) is 19.9. The Morgan fingerprint density at radius 3 is 2.63 bits per heavy atom. The molecule has 0 saturated heterocycles. The average Bonchev–Trinajstić information content (AvgIpc) is 3.16. The van der Waals surface area contributed by atoms with E-state index in [0.717, 1.165) is 0 Å². The van der Waals surface area contributed by atoms with Crippen molar-refractivity contribution in [3.05, 3.63) is 53.1 Å². The Bertz CT molecular complexity index is 852. The molecule has 4 N–H and O–H groups in total. The van der Waals surface area contributed by atoms with E-state index in [-0.39, 0.29) is 11.4 Å². The second kappa shape index (κ2) is 9.15. The number of aromatic nitrogens is 2. The summed E-state index contributed by atoms with van der Waals surface area (Å²) in [5.41, 5.74) is 11.4. The highest BCUT2D eigenvalue weighted by molar-refractivity contribution is 5.77. The lowest BCUT2D eigenvalue weighted by molar-refractivity contribution is 0.111. The van der Waals surface area contributed by atoms with E-state index in [1.165, 1.54) is 54.3 Å². The van der Waals surface area contributed by atoms with E-state index in [2.05, 4.69) is 53.4 Å². The molecule has 0 spiro atoms. The lowest BCUT2D eigenvalue weighted by atomic mass is 9.88. The molecule has 0 atom stereocenters. The largest absolute Gasteiger partial charge is 0.388 e. The van der Waals surface area contributed by atoms with Crippen molar-refractivity contribution in [1.29, 1.82) is 5.26 Å². The number of nitriles is 1. The van der Waals surface area contributed by atoms with Crippen molar-refractivity contribution in [3.8, 4) is 6.07 Å². The van der Waals surface area contributed by atoms with Gasteiger partial charge in [-0.2, -0.15) is 5.26 Å². The Morgan fingerprint density at radius 2 is 2.15 bits per heavy atom. The highest BCUT2D eigenvalue weighted by Gasteiger charge is 2.17. The highest BCUT2D eigenvalue weighted by Crippen LogP contribution is 2.33. The third kappa shape index (κ3) is 5.53. The molecule has 1 aromatic carbocycles. The molecule has 0 fully saturated rings. The van der Waals surface area contributed by atoms with E-state index < -0.39 is 0 Å². The minimum atomic E-state index is -0.281. The lowest BCUT2D eigenvalue weighted by Gasteiger charge is -2.23. The van der Waals surface area contributed by atoms with Crippen LogP contribution in [0.25, 0.3) is 5.57 Å². The lowest BCUT2D eigenvalue weighted by Crippen LogP contribution is -2.28. The zero-order valence-corrected chi connectivity index (χ0v) is 16.2. The van der Waals surface area contributed by atoms with E-state index in [1.807, 2.05) is 7.05 Å². The maximum atomic E-state index is 9.93. The number of anilines is 1. The SMILES string of the molecule is CNc1ccc(C(C)(C)N)cc1C1=CCCCC1.N#Cc1cnc(C=O)[nH]1. The van der Waals surface area contributed by atoms with Crippen LogP contribution in [0, 0.1) is 11.3 Å². The van der Waals surface area contributed by atoms with Gasteiger partial charge in [-0.15, -0.1) is 0 Å². The second-order valence-electron chi connectivity index (χ2n) is 7.12. The molecule has 0 aliphatic heterocycles. The number of nitrogens with two attached hydrogens (primary N) is 1. The predicted octanol–water partition coefficient (Wildman–Crippen LogP) is 3.97. The van der Waals surface area contributed by atoms with Crippen LogP contribution in [0.5, 0.6) is 0 Å². The van der Waals surface area contributed by atoms with Crippen LogP contribution in [0.4, 0.5) is 5.69 Å². The van der Waals surface area contributed by atoms with Gasteiger partial charge in [-0.3, -0.25) is 4.79 Å². The van der Waals surface area contributed by atoms with Crippen molar-refractivity contribution in [3.63, 3.8) is 0 Å². The molecule has 6 heteroatoms. The van der Waals surface area contributed by atoms with Crippen LogP contribution in [0.3, 0.4) is 0 Å². The number of carbonyl (C=O) groups is 1. The number of allylic oxidation sites excluding steroid dienone is 2. The summed E-state index contributed by atoms with van der Waals surface area (Å²) in [5, 5.41) is 11.5. The number of nitrogens with one attached hydrogen (secondary N) is 2. The summed E-state index contributed by atoms with van der Waals surface area (Å²) in [4.78, 5) is 16.0. The Morgan fingerprint density at radius 1 is 1.37 bits per heavy atom. The van der Waals surface area contributed by atoms with Crippen molar-refractivity contribution >= 4 is 17.5 Å². The molecule has 0 amide bonds. The minimum Gasteiger partial charge on any atom is -0.388 e. The van der Waals surface area contributed by atoms with Gasteiger partial charge in [0.1, 0.15) is 11.8 Å². The van der Waals surface area contributed by atoms with E-state index in [4.69, 9.17) is 11.0 Å². The molecule has 1 heterocycles. The maximum absolute atomic E-state index is 9.93. The Balaban J connectivity index is 0.000000244. The fraction of sp³-hybridized carbons (Fsp3) is 0.381. The van der Waals surface area contributed by atoms with Crippen molar-refractivity contribution in [2.45, 2.75) is 45.1 Å². The quantitative estimate of drug-likeness (QED) is 0.711. The summed E-state index contributed by atoms with van der Waals surface area (Å²) in [6.45, 7) is 4.11. The summed E-state index contributed by atoms with van der Waals surface area (Å²) in [6, 6.07) is 8.33. The van der Waals surface area contributed by atoms with Gasteiger partial charge in [0.2, 0.25) is 0 Å². The summed E-state index contributed by atoms with van der Waals surface area (Å²) >= 11 is 0. The molecule has 0 radical (unpaired) electrons. The van der Waals surface area contributed by atoms with Gasteiger partial charge in [0.25, 0.3) is 0 Å². The van der Waals surface area contributed by atoms with Crippen LogP contribution < -0.4 is 11.1 Å². The van der Waals surface area contributed by atoms with Crippen LogP contribution in [-0.4, -0.2) is 23.3 Å². The summed E-state index contributed by atoms with van der Waals surface area (Å²) < 4.78 is 0. The predicted molar refractivity (Wildman–Crippen MR) is 108 cm³/mol. The number of aromatic amines is 1. The molecule has 0 bridgehead atoms. The average molecular weight is 365 g/mol. The molecule has 0 saturated carbocycles. The van der Waals surface area contributed by atoms with Crippen molar-refractivity contribution in [2.75, 3.05) is 12.4 Å². The number of imidazole rings is 1. The van der Waals surface area contributed by atoms with Gasteiger partial charge in [0, 0.05) is 23.8 Å². The van der Waals surface area contributed by atoms with Crippen molar-refractivity contribution < 1.29 is 4.79 Å². The summed E-state index contributed by atoms with van der Waals surface area (Å²) in [5.74, 6) is 0.187. The van der Waals surface area contributed by atoms with Gasteiger partial charge in [-0.25, -0.2) is 4.98 Å². The van der Waals surface area contributed by atoms with Crippen molar-refractivity contribution in [2.24, 2.45) is 5.73 Å². The van der Waals surface area contributed by atoms with Gasteiger partial charge < -0.3 is 16.0 Å². The van der Waals surface area contributed by atoms with Crippen LogP contribution >= 0.6 is 0 Å². The fourth-order valence-electron chi connectivity index (χ4n) is 2.96. The first kappa shape index (κ1) is 20.4. The third-order valence-corrected chi connectivity index (χ3v) is 4.50. The number of carbonyl (C=O) groups excluding carboxylic acids is 1. The molecule has 3 rings (SSSR count). The summed E-state index contributed by atoms with van der Waals surface area (Å²) in [6.07, 6.45) is 9.25. The van der Waals surface area contributed by atoms with Gasteiger partial charge >= 0.3 is 0 Å². The fourth-order valence-corrected chi connectivity index (χ4v) is 2.96. The first-order valence-electron chi connectivity index (χ1n) is 9.10. The van der Waals surface area contributed by atoms with E-state index >= 15 is 0 Å². The Kier molecular flexibility index (Phi) is 6.91. The highest BCUT2D eigenvalue weighted by atomic mass is 16.1. The molecule has 6 nitrogen and oxygen atoms in total. The van der Waals surface area contributed by atoms with E-state index in [0.29, 0.717) is 12.0 Å². The number of H-pyrrole nitrogens is 1. The number of aldehydes is 1. The van der Waals surface area contributed by atoms with Crippen LogP contribution in [0.15, 0.2) is 30.5 Å². The maximum Gasteiger partial charge on any atom is 0.185 e. The topological polar surface area (TPSA) is 108 Å². The zero-order valence-electron chi connectivity index (χ0n) is 16.2. The standard InChI is InChI=1S/C16H24N2.C5H3N3O/c1-16(2,17)13-9-10-15(18-3)14(11-13)12-7-5-4-6-8-12;6-1-4-2-7-5(3-9)8-4/h7,9-11,18H,4-6,8,17H2,1-3H3;2-3H,(H,7,8). The number of benzene rings is 1. The third-order valence-electron chi connectivity index (χ3n) is 4.50. The number of rotatable bonds is 4. The van der Waals surface area contributed by atoms with E-state index in [9.17, 15) is 4.79 Å². The first-order valence-corrected chi connectivity index (χ1v) is 9.10. The molecule has 142 valence electrons. The number of hydrogen-bond donors (Lipinski definition) is 3. The monoisotopic (exact) mass is 365 g/mol. The van der Waals surface area contributed by atoms with Gasteiger partial charge in [0.05, 0.1) is 6.20 Å².